The molecule has 4 heteroatoms. The van der Waals surface area contributed by atoms with Crippen LogP contribution in [0, 0.1) is 11.8 Å². The number of ether oxygens (including phenoxy) is 1. The fourth-order valence-electron chi connectivity index (χ4n) is 4.43. The van der Waals surface area contributed by atoms with Crippen molar-refractivity contribution in [1.29, 1.82) is 0 Å². The highest BCUT2D eigenvalue weighted by atomic mass is 16.5. The minimum absolute atomic E-state index is 0.0324. The van der Waals surface area contributed by atoms with Gasteiger partial charge in [-0.3, -0.25) is 14.5 Å². The predicted molar refractivity (Wildman–Crippen MR) is 63.6 cm³/mol. The van der Waals surface area contributed by atoms with Crippen molar-refractivity contribution in [2.24, 2.45) is 11.8 Å². The zero-order valence-electron chi connectivity index (χ0n) is 10.5. The van der Waals surface area contributed by atoms with Crippen molar-refractivity contribution in [2.75, 3.05) is 0 Å². The second-order valence-corrected chi connectivity index (χ2v) is 6.18. The highest BCUT2D eigenvalue weighted by Gasteiger charge is 2.63. The van der Waals surface area contributed by atoms with Crippen molar-refractivity contribution >= 4 is 11.8 Å². The molecule has 1 aliphatic carbocycles. The zero-order chi connectivity index (χ0) is 12.3. The number of hydrogen-bond donors (Lipinski definition) is 0. The van der Waals surface area contributed by atoms with E-state index in [-0.39, 0.29) is 41.9 Å². The summed E-state index contributed by atoms with van der Waals surface area (Å²) in [5.41, 5.74) is 0. The molecular weight excluding hydrogens is 230 g/mol. The lowest BCUT2D eigenvalue weighted by Gasteiger charge is -2.30. The molecule has 3 heterocycles. The van der Waals surface area contributed by atoms with E-state index in [4.69, 9.17) is 4.74 Å². The molecule has 0 radical (unpaired) electrons. The first-order chi connectivity index (χ1) is 8.77. The molecule has 4 rings (SSSR count). The molecule has 2 unspecified atom stereocenters. The van der Waals surface area contributed by atoms with Crippen molar-refractivity contribution in [3.63, 3.8) is 0 Å². The lowest BCUT2D eigenvalue weighted by atomic mass is 9.81. The highest BCUT2D eigenvalue weighted by molar-refractivity contribution is 6.06. The molecule has 3 saturated heterocycles. The number of nitrogens with zero attached hydrogens (tertiary/aromatic N) is 1. The largest absolute Gasteiger partial charge is 0.373 e. The molecule has 0 aromatic carbocycles. The molecule has 4 aliphatic rings. The second kappa shape index (κ2) is 3.80. The Bertz CT molecular complexity index is 374. The van der Waals surface area contributed by atoms with Gasteiger partial charge in [-0.1, -0.05) is 19.3 Å². The maximum Gasteiger partial charge on any atom is 0.236 e. The van der Waals surface area contributed by atoms with Gasteiger partial charge >= 0.3 is 0 Å². The summed E-state index contributed by atoms with van der Waals surface area (Å²) in [6.07, 6.45) is 7.55. The molecule has 1 saturated carbocycles. The van der Waals surface area contributed by atoms with E-state index in [0.29, 0.717) is 0 Å². The summed E-state index contributed by atoms with van der Waals surface area (Å²) in [7, 11) is 0. The molecule has 0 aromatic heterocycles. The van der Waals surface area contributed by atoms with Crippen LogP contribution in [0.2, 0.25) is 0 Å². The molecule has 4 nitrogen and oxygen atoms in total. The monoisotopic (exact) mass is 249 g/mol. The molecular formula is C14H19NO3. The maximum atomic E-state index is 12.5. The molecule has 4 atom stereocenters. The molecule has 2 bridgehead atoms. The third kappa shape index (κ3) is 1.30. The van der Waals surface area contributed by atoms with Gasteiger partial charge in [-0.2, -0.15) is 0 Å². The van der Waals surface area contributed by atoms with Crippen LogP contribution >= 0.6 is 0 Å². The van der Waals surface area contributed by atoms with Crippen LogP contribution in [0.3, 0.4) is 0 Å². The number of carbonyl (C=O) groups is 2. The molecule has 18 heavy (non-hydrogen) atoms. The smallest absolute Gasteiger partial charge is 0.236 e. The van der Waals surface area contributed by atoms with Gasteiger partial charge in [0.05, 0.1) is 24.0 Å². The average Bonchev–Trinajstić information content (AvgIpc) is 3.05. The molecule has 3 aliphatic heterocycles. The number of hydrogen-bond acceptors (Lipinski definition) is 3. The number of amides is 2. The Morgan fingerprint density at radius 1 is 0.833 bits per heavy atom. The van der Waals surface area contributed by atoms with Gasteiger partial charge < -0.3 is 4.74 Å². The van der Waals surface area contributed by atoms with Gasteiger partial charge in [0.1, 0.15) is 0 Å². The SMILES string of the molecule is O=C1C2C(C(=O)N1C1CCCCC1)[C@H]1CC[C@@H]2O1. The molecule has 98 valence electrons. The van der Waals surface area contributed by atoms with Crippen molar-refractivity contribution in [1.82, 2.24) is 4.90 Å². The lowest BCUT2D eigenvalue weighted by Crippen LogP contribution is -2.43. The number of fused-ring (bicyclic) bond motifs is 5. The summed E-state index contributed by atoms with van der Waals surface area (Å²) in [5.74, 6) is -0.135. The summed E-state index contributed by atoms with van der Waals surface area (Å²) >= 11 is 0. The number of rotatable bonds is 1. The van der Waals surface area contributed by atoms with Crippen molar-refractivity contribution in [3.05, 3.63) is 0 Å². The third-order valence-electron chi connectivity index (χ3n) is 5.26. The van der Waals surface area contributed by atoms with E-state index in [1.165, 1.54) is 6.42 Å². The molecule has 0 N–H and O–H groups in total. The first-order valence-corrected chi connectivity index (χ1v) is 7.30. The van der Waals surface area contributed by atoms with Gasteiger partial charge in [-0.15, -0.1) is 0 Å². The van der Waals surface area contributed by atoms with E-state index in [1.807, 2.05) is 0 Å². The Kier molecular flexibility index (Phi) is 2.31. The van der Waals surface area contributed by atoms with Gasteiger partial charge in [0.2, 0.25) is 11.8 Å². The van der Waals surface area contributed by atoms with Crippen LogP contribution in [0.15, 0.2) is 0 Å². The maximum absolute atomic E-state index is 12.5. The van der Waals surface area contributed by atoms with Crippen molar-refractivity contribution in [3.8, 4) is 0 Å². The van der Waals surface area contributed by atoms with Crippen LogP contribution in [0.25, 0.3) is 0 Å². The van der Waals surface area contributed by atoms with E-state index >= 15 is 0 Å². The van der Waals surface area contributed by atoms with E-state index in [1.54, 1.807) is 4.90 Å². The topological polar surface area (TPSA) is 46.6 Å². The fourth-order valence-corrected chi connectivity index (χ4v) is 4.43. The zero-order valence-corrected chi connectivity index (χ0v) is 10.5. The van der Waals surface area contributed by atoms with Crippen LogP contribution < -0.4 is 0 Å². The normalized spacial score (nSPS) is 43.9. The van der Waals surface area contributed by atoms with Crippen molar-refractivity contribution < 1.29 is 14.3 Å². The summed E-state index contributed by atoms with van der Waals surface area (Å²) in [6.45, 7) is 0. The summed E-state index contributed by atoms with van der Waals surface area (Å²) in [4.78, 5) is 26.7. The van der Waals surface area contributed by atoms with Crippen LogP contribution in [0.1, 0.15) is 44.9 Å². The average molecular weight is 249 g/mol. The number of carbonyl (C=O) groups excluding carboxylic acids is 2. The number of imide groups is 1. The molecule has 4 fully saturated rings. The van der Waals surface area contributed by atoms with Gasteiger partial charge in [0, 0.05) is 6.04 Å². The Balaban J connectivity index is 1.62. The Hall–Kier alpha value is -0.900. The first kappa shape index (κ1) is 11.0. The van der Waals surface area contributed by atoms with Gasteiger partial charge in [-0.25, -0.2) is 0 Å². The Morgan fingerprint density at radius 3 is 1.94 bits per heavy atom. The quantitative estimate of drug-likeness (QED) is 0.661. The second-order valence-electron chi connectivity index (χ2n) is 6.18. The van der Waals surface area contributed by atoms with Crippen LogP contribution in [0.4, 0.5) is 0 Å². The van der Waals surface area contributed by atoms with Crippen LogP contribution in [-0.4, -0.2) is 35.0 Å². The van der Waals surface area contributed by atoms with Crippen molar-refractivity contribution in [2.45, 2.75) is 63.2 Å². The van der Waals surface area contributed by atoms with Crippen LogP contribution in [-0.2, 0) is 14.3 Å². The van der Waals surface area contributed by atoms with Crippen LogP contribution in [0.5, 0.6) is 0 Å². The summed E-state index contributed by atoms with van der Waals surface area (Å²) in [5, 5.41) is 0. The van der Waals surface area contributed by atoms with E-state index < -0.39 is 0 Å². The Labute approximate surface area is 107 Å². The summed E-state index contributed by atoms with van der Waals surface area (Å²) < 4.78 is 5.75. The minimum atomic E-state index is -0.141. The van der Waals surface area contributed by atoms with E-state index in [9.17, 15) is 9.59 Å². The molecule has 2 amide bonds. The lowest BCUT2D eigenvalue weighted by molar-refractivity contribution is -0.146. The van der Waals surface area contributed by atoms with E-state index in [2.05, 4.69) is 0 Å². The standard InChI is InChI=1S/C14H19NO3/c16-13-11-9-6-7-10(18-9)12(11)14(17)15(13)8-4-2-1-3-5-8/h8-12H,1-7H2/t9-,10+,11?,12?. The Morgan fingerprint density at radius 2 is 1.39 bits per heavy atom. The highest BCUT2D eigenvalue weighted by Crippen LogP contribution is 2.49. The molecule has 0 aromatic rings. The number of likely N-dealkylation sites (tertiary alicyclic amines) is 1. The fraction of sp³-hybridized carbons (Fsp3) is 0.857. The predicted octanol–water partition coefficient (Wildman–Crippen LogP) is 1.48. The minimum Gasteiger partial charge on any atom is -0.373 e. The van der Waals surface area contributed by atoms with Gasteiger partial charge in [-0.05, 0) is 25.7 Å². The summed E-state index contributed by atoms with van der Waals surface area (Å²) in [6, 6.07) is 0.184. The molecule has 0 spiro atoms. The van der Waals surface area contributed by atoms with Gasteiger partial charge in [0.15, 0.2) is 0 Å². The van der Waals surface area contributed by atoms with E-state index in [0.717, 1.165) is 38.5 Å². The third-order valence-corrected chi connectivity index (χ3v) is 5.26. The van der Waals surface area contributed by atoms with Gasteiger partial charge in [0.25, 0.3) is 0 Å². The first-order valence-electron chi connectivity index (χ1n) is 7.30.